The van der Waals surface area contributed by atoms with E-state index in [1.165, 1.54) is 0 Å². The molecular formula is C17H23NO6. The highest BCUT2D eigenvalue weighted by molar-refractivity contribution is 6.27. The molecule has 1 fully saturated rings. The fourth-order valence-electron chi connectivity index (χ4n) is 2.64. The molecule has 0 radical (unpaired) electrons. The molecule has 0 atom stereocenters. The van der Waals surface area contributed by atoms with Gasteiger partial charge in [0.15, 0.2) is 0 Å². The number of rotatable bonds is 3. The lowest BCUT2D eigenvalue weighted by Crippen LogP contribution is -2.47. The van der Waals surface area contributed by atoms with E-state index in [2.05, 4.69) is 11.9 Å². The van der Waals surface area contributed by atoms with Crippen LogP contribution in [0.4, 0.5) is 0 Å². The molecule has 0 amide bonds. The zero-order valence-corrected chi connectivity index (χ0v) is 13.9. The van der Waals surface area contributed by atoms with Gasteiger partial charge in [-0.05, 0) is 45.5 Å². The second-order valence-corrected chi connectivity index (χ2v) is 5.58. The van der Waals surface area contributed by atoms with Crippen LogP contribution in [0.15, 0.2) is 30.3 Å². The summed E-state index contributed by atoms with van der Waals surface area (Å²) in [6, 6.07) is 10.1. The first-order valence-corrected chi connectivity index (χ1v) is 7.71. The van der Waals surface area contributed by atoms with Crippen LogP contribution in [0.25, 0.3) is 0 Å². The predicted octanol–water partition coefficient (Wildman–Crippen LogP) is 1.37. The molecule has 0 unspecified atom stereocenters. The van der Waals surface area contributed by atoms with Crippen molar-refractivity contribution in [3.05, 3.63) is 35.9 Å². The Morgan fingerprint density at radius 1 is 1.08 bits per heavy atom. The third kappa shape index (κ3) is 5.06. The Hall–Kier alpha value is -2.41. The number of hydrogen-bond acceptors (Lipinski definition) is 5. The summed E-state index contributed by atoms with van der Waals surface area (Å²) in [5.41, 5.74) is 0.653. The number of likely N-dealkylation sites (tertiary alicyclic amines) is 1. The summed E-state index contributed by atoms with van der Waals surface area (Å²) in [6.45, 7) is 4.19. The van der Waals surface area contributed by atoms with Gasteiger partial charge in [-0.15, -0.1) is 0 Å². The van der Waals surface area contributed by atoms with Gasteiger partial charge in [-0.1, -0.05) is 30.3 Å². The number of nitrogens with zero attached hydrogens (tertiary/aromatic N) is 1. The first-order valence-electron chi connectivity index (χ1n) is 7.71. The lowest BCUT2D eigenvalue weighted by Gasteiger charge is -2.38. The van der Waals surface area contributed by atoms with Crippen molar-refractivity contribution >= 4 is 17.9 Å². The van der Waals surface area contributed by atoms with Crippen molar-refractivity contribution in [3.63, 3.8) is 0 Å². The van der Waals surface area contributed by atoms with Crippen LogP contribution in [0.1, 0.15) is 25.3 Å². The van der Waals surface area contributed by atoms with E-state index >= 15 is 0 Å². The van der Waals surface area contributed by atoms with Crippen molar-refractivity contribution in [2.24, 2.45) is 0 Å². The Morgan fingerprint density at radius 2 is 1.58 bits per heavy atom. The Morgan fingerprint density at radius 3 is 2.00 bits per heavy atom. The summed E-state index contributed by atoms with van der Waals surface area (Å²) in [4.78, 5) is 32.8. The summed E-state index contributed by atoms with van der Waals surface area (Å²) >= 11 is 0. The van der Waals surface area contributed by atoms with Gasteiger partial charge < -0.3 is 19.8 Å². The number of hydrogen-bond donors (Lipinski definition) is 2. The number of piperidine rings is 1. The van der Waals surface area contributed by atoms with Crippen molar-refractivity contribution < 1.29 is 29.3 Å². The third-order valence-electron chi connectivity index (χ3n) is 4.02. The Labute approximate surface area is 140 Å². The van der Waals surface area contributed by atoms with Crippen LogP contribution in [-0.2, 0) is 24.5 Å². The zero-order chi connectivity index (χ0) is 18.2. The highest BCUT2D eigenvalue weighted by Gasteiger charge is 2.43. The normalized spacial score (nSPS) is 16.4. The smallest absolute Gasteiger partial charge is 0.414 e. The average molecular weight is 337 g/mol. The molecular weight excluding hydrogens is 314 g/mol. The van der Waals surface area contributed by atoms with Crippen molar-refractivity contribution in [3.8, 4) is 0 Å². The van der Waals surface area contributed by atoms with Gasteiger partial charge >= 0.3 is 17.9 Å². The minimum atomic E-state index is -1.82. The average Bonchev–Trinajstić information content (AvgIpc) is 2.57. The molecule has 1 aliphatic rings. The number of esters is 1. The van der Waals surface area contributed by atoms with Crippen LogP contribution < -0.4 is 0 Å². The molecule has 2 N–H and O–H groups in total. The number of carbonyl (C=O) groups is 3. The number of ether oxygens (including phenoxy) is 1. The first-order chi connectivity index (χ1) is 11.3. The molecule has 1 aromatic rings. The minimum Gasteiger partial charge on any atom is -0.473 e. The lowest BCUT2D eigenvalue weighted by atomic mass is 9.73. The van der Waals surface area contributed by atoms with Gasteiger partial charge in [-0.2, -0.15) is 0 Å². The van der Waals surface area contributed by atoms with Gasteiger partial charge in [0.25, 0.3) is 0 Å². The van der Waals surface area contributed by atoms with Gasteiger partial charge in [0, 0.05) is 0 Å². The van der Waals surface area contributed by atoms with Crippen molar-refractivity contribution in [1.82, 2.24) is 4.90 Å². The molecule has 0 spiro atoms. The van der Waals surface area contributed by atoms with E-state index in [1.807, 2.05) is 37.3 Å². The quantitative estimate of drug-likeness (QED) is 0.634. The fraction of sp³-hybridized carbons (Fsp3) is 0.471. The highest BCUT2D eigenvalue weighted by atomic mass is 16.5. The standard InChI is InChI=1S/C15H21NO2.C2H2O4/c1-3-18-14(17)15(9-11-16(2)12-10-15)13-7-5-4-6-8-13;3-1(4)2(5)6/h4-8H,3,9-12H2,1-2H3;(H,3,4)(H,5,6). The van der Waals surface area contributed by atoms with Crippen molar-refractivity contribution in [1.29, 1.82) is 0 Å². The zero-order valence-electron chi connectivity index (χ0n) is 13.9. The van der Waals surface area contributed by atoms with Crippen molar-refractivity contribution in [2.75, 3.05) is 26.7 Å². The van der Waals surface area contributed by atoms with E-state index in [1.54, 1.807) is 0 Å². The van der Waals surface area contributed by atoms with Gasteiger partial charge in [0.1, 0.15) is 0 Å². The monoisotopic (exact) mass is 337 g/mol. The number of carboxylic acid groups (broad SMARTS) is 2. The van der Waals surface area contributed by atoms with Gasteiger partial charge in [0.05, 0.1) is 12.0 Å². The van der Waals surface area contributed by atoms with Crippen LogP contribution in [0, 0.1) is 0 Å². The highest BCUT2D eigenvalue weighted by Crippen LogP contribution is 2.36. The summed E-state index contributed by atoms with van der Waals surface area (Å²) in [5, 5.41) is 14.8. The van der Waals surface area contributed by atoms with Crippen LogP contribution in [0.2, 0.25) is 0 Å². The molecule has 0 aromatic heterocycles. The van der Waals surface area contributed by atoms with Crippen LogP contribution in [0.3, 0.4) is 0 Å². The molecule has 7 nitrogen and oxygen atoms in total. The summed E-state index contributed by atoms with van der Waals surface area (Å²) in [7, 11) is 2.10. The predicted molar refractivity (Wildman–Crippen MR) is 86.8 cm³/mol. The van der Waals surface area contributed by atoms with E-state index < -0.39 is 17.4 Å². The largest absolute Gasteiger partial charge is 0.473 e. The number of carbonyl (C=O) groups excluding carboxylic acids is 1. The maximum Gasteiger partial charge on any atom is 0.414 e. The Balaban J connectivity index is 0.000000413. The number of aliphatic carboxylic acids is 2. The molecule has 7 heteroatoms. The minimum absolute atomic E-state index is 0.0655. The second-order valence-electron chi connectivity index (χ2n) is 5.58. The molecule has 132 valence electrons. The Bertz CT molecular complexity index is 552. The van der Waals surface area contributed by atoms with E-state index in [-0.39, 0.29) is 5.97 Å². The summed E-state index contributed by atoms with van der Waals surface area (Å²) < 4.78 is 5.32. The molecule has 1 aromatic carbocycles. The van der Waals surface area contributed by atoms with Crippen LogP contribution in [-0.4, -0.2) is 59.8 Å². The molecule has 0 saturated carbocycles. The first kappa shape index (κ1) is 19.6. The van der Waals surface area contributed by atoms with E-state index in [0.29, 0.717) is 6.61 Å². The topological polar surface area (TPSA) is 104 Å². The van der Waals surface area contributed by atoms with Crippen LogP contribution in [0.5, 0.6) is 0 Å². The van der Waals surface area contributed by atoms with Gasteiger partial charge in [0.2, 0.25) is 0 Å². The maximum absolute atomic E-state index is 12.4. The van der Waals surface area contributed by atoms with Crippen LogP contribution >= 0.6 is 0 Å². The molecule has 1 heterocycles. The molecule has 0 bridgehead atoms. The third-order valence-corrected chi connectivity index (χ3v) is 4.02. The van der Waals surface area contributed by atoms with E-state index in [0.717, 1.165) is 31.5 Å². The lowest BCUT2D eigenvalue weighted by molar-refractivity contribution is -0.159. The number of carboxylic acids is 2. The number of benzene rings is 1. The Kier molecular flexibility index (Phi) is 7.38. The SMILES string of the molecule is CCOC(=O)C1(c2ccccc2)CCN(C)CC1.O=C(O)C(=O)O. The second kappa shape index (κ2) is 9.02. The van der Waals surface area contributed by atoms with E-state index in [9.17, 15) is 4.79 Å². The molecule has 2 rings (SSSR count). The summed E-state index contributed by atoms with van der Waals surface area (Å²) in [5.74, 6) is -3.71. The fourth-order valence-corrected chi connectivity index (χ4v) is 2.64. The summed E-state index contributed by atoms with van der Waals surface area (Å²) in [6.07, 6.45) is 1.68. The van der Waals surface area contributed by atoms with E-state index in [4.69, 9.17) is 24.5 Å². The van der Waals surface area contributed by atoms with Gasteiger partial charge in [-0.3, -0.25) is 4.79 Å². The molecule has 24 heavy (non-hydrogen) atoms. The maximum atomic E-state index is 12.4. The molecule has 1 aliphatic heterocycles. The molecule has 1 saturated heterocycles. The van der Waals surface area contributed by atoms with Crippen molar-refractivity contribution in [2.45, 2.75) is 25.2 Å². The van der Waals surface area contributed by atoms with Gasteiger partial charge in [-0.25, -0.2) is 9.59 Å². The molecule has 0 aliphatic carbocycles.